The van der Waals surface area contributed by atoms with Crippen molar-refractivity contribution < 1.29 is 14.2 Å². The summed E-state index contributed by atoms with van der Waals surface area (Å²) < 4.78 is 16.1. The third-order valence-corrected chi connectivity index (χ3v) is 3.36. The van der Waals surface area contributed by atoms with Crippen molar-refractivity contribution >= 4 is 29.9 Å². The van der Waals surface area contributed by atoms with E-state index in [9.17, 15) is 0 Å². The molecule has 0 spiro atoms. The van der Waals surface area contributed by atoms with Crippen LogP contribution in [0.3, 0.4) is 0 Å². The number of methoxy groups -OCH3 is 1. The number of ether oxygens (including phenoxy) is 3. The Hall–Kier alpha value is -0.120. The predicted octanol–water partition coefficient (Wildman–Crippen LogP) is 0.0568. The van der Waals surface area contributed by atoms with E-state index in [0.717, 1.165) is 39.3 Å². The van der Waals surface area contributed by atoms with Gasteiger partial charge in [0.15, 0.2) is 5.96 Å². The Balaban J connectivity index is 0.00000162. The van der Waals surface area contributed by atoms with Crippen LogP contribution in [0.1, 0.15) is 6.42 Å². The van der Waals surface area contributed by atoms with Crippen LogP contribution in [0.2, 0.25) is 0 Å². The molecule has 2 N–H and O–H groups in total. The van der Waals surface area contributed by atoms with E-state index in [0.29, 0.717) is 19.1 Å². The monoisotopic (exact) mass is 371 g/mol. The Morgan fingerprint density at radius 3 is 2.61 bits per heavy atom. The highest BCUT2D eigenvalue weighted by atomic mass is 127. The highest BCUT2D eigenvalue weighted by Crippen LogP contribution is 2.22. The molecular formula is C11H22IN3O3. The zero-order valence-corrected chi connectivity index (χ0v) is 13.1. The van der Waals surface area contributed by atoms with Gasteiger partial charge in [0, 0.05) is 33.2 Å². The van der Waals surface area contributed by atoms with Crippen LogP contribution >= 0.6 is 24.0 Å². The average Bonchev–Trinajstić information content (AvgIpc) is 2.86. The molecule has 106 valence electrons. The Bertz CT molecular complexity index is 277. The molecule has 0 aromatic carbocycles. The molecule has 6 nitrogen and oxygen atoms in total. The lowest BCUT2D eigenvalue weighted by atomic mass is 10.0. The Morgan fingerprint density at radius 1 is 1.33 bits per heavy atom. The third kappa shape index (κ3) is 3.94. The van der Waals surface area contributed by atoms with Gasteiger partial charge in [0.25, 0.3) is 0 Å². The fraction of sp³-hybridized carbons (Fsp3) is 0.909. The maximum atomic E-state index is 5.96. The summed E-state index contributed by atoms with van der Waals surface area (Å²) in [6, 6.07) is 0. The van der Waals surface area contributed by atoms with Gasteiger partial charge in [0.2, 0.25) is 0 Å². The number of hydrogen-bond acceptors (Lipinski definition) is 4. The first-order valence-corrected chi connectivity index (χ1v) is 6.01. The molecule has 7 heteroatoms. The molecule has 0 saturated carbocycles. The molecule has 0 aromatic rings. The van der Waals surface area contributed by atoms with Crippen LogP contribution in [0.5, 0.6) is 0 Å². The molecule has 1 atom stereocenters. The van der Waals surface area contributed by atoms with Crippen LogP contribution in [0, 0.1) is 0 Å². The second-order valence-electron chi connectivity index (χ2n) is 4.46. The van der Waals surface area contributed by atoms with Crippen LogP contribution in [0.15, 0.2) is 4.99 Å². The number of nitrogens with two attached hydrogens (primary N) is 1. The number of guanidine groups is 1. The minimum Gasteiger partial charge on any atom is -0.378 e. The Labute approximate surface area is 125 Å². The first-order valence-electron chi connectivity index (χ1n) is 6.01. The van der Waals surface area contributed by atoms with Gasteiger partial charge < -0.3 is 24.8 Å². The highest BCUT2D eigenvalue weighted by molar-refractivity contribution is 14.0. The maximum Gasteiger partial charge on any atom is 0.191 e. The fourth-order valence-corrected chi connectivity index (χ4v) is 2.06. The topological polar surface area (TPSA) is 69.3 Å². The van der Waals surface area contributed by atoms with E-state index in [1.807, 2.05) is 4.90 Å². The van der Waals surface area contributed by atoms with Gasteiger partial charge in [-0.2, -0.15) is 0 Å². The van der Waals surface area contributed by atoms with E-state index >= 15 is 0 Å². The minimum absolute atomic E-state index is 0. The van der Waals surface area contributed by atoms with Gasteiger partial charge in [-0.1, -0.05) is 0 Å². The molecule has 2 saturated heterocycles. The van der Waals surface area contributed by atoms with Crippen LogP contribution in [0.25, 0.3) is 0 Å². The van der Waals surface area contributed by atoms with Crippen molar-refractivity contribution in [3.8, 4) is 0 Å². The van der Waals surface area contributed by atoms with Gasteiger partial charge in [-0.15, -0.1) is 24.0 Å². The quantitative estimate of drug-likeness (QED) is 0.432. The molecule has 1 unspecified atom stereocenters. The number of halogens is 1. The standard InChI is InChI=1S/C11H21N3O3.HI/c1-15-11(2-5-17-9-11)8-13-10(12)14-3-6-16-7-4-14;/h2-9H2,1H3,(H2,12,13);1H. The third-order valence-electron chi connectivity index (χ3n) is 3.36. The van der Waals surface area contributed by atoms with E-state index in [-0.39, 0.29) is 29.6 Å². The van der Waals surface area contributed by atoms with Crippen molar-refractivity contribution in [3.05, 3.63) is 0 Å². The van der Waals surface area contributed by atoms with Crippen LogP contribution in [0.4, 0.5) is 0 Å². The molecule has 2 aliphatic heterocycles. The average molecular weight is 371 g/mol. The van der Waals surface area contributed by atoms with Crippen molar-refractivity contribution in [3.63, 3.8) is 0 Å². The zero-order chi connectivity index (χ0) is 12.1. The van der Waals surface area contributed by atoms with Crippen LogP contribution in [-0.2, 0) is 14.2 Å². The summed E-state index contributed by atoms with van der Waals surface area (Å²) in [5, 5.41) is 0. The number of morpholine rings is 1. The number of rotatable bonds is 3. The van der Waals surface area contributed by atoms with E-state index in [2.05, 4.69) is 4.99 Å². The van der Waals surface area contributed by atoms with E-state index in [4.69, 9.17) is 19.9 Å². The van der Waals surface area contributed by atoms with Gasteiger partial charge in [0.1, 0.15) is 5.60 Å². The maximum absolute atomic E-state index is 5.96. The van der Waals surface area contributed by atoms with Gasteiger partial charge >= 0.3 is 0 Å². The molecule has 0 radical (unpaired) electrons. The van der Waals surface area contributed by atoms with Crippen molar-refractivity contribution in [1.82, 2.24) is 4.90 Å². The summed E-state index contributed by atoms with van der Waals surface area (Å²) in [5.74, 6) is 0.580. The Kier molecular flexibility index (Phi) is 6.61. The lowest BCUT2D eigenvalue weighted by molar-refractivity contribution is -0.00935. The second-order valence-corrected chi connectivity index (χ2v) is 4.46. The molecule has 2 rings (SSSR count). The molecule has 0 aromatic heterocycles. The summed E-state index contributed by atoms with van der Waals surface area (Å²) in [6.07, 6.45) is 0.878. The molecule has 0 amide bonds. The van der Waals surface area contributed by atoms with Gasteiger partial charge in [-0.3, -0.25) is 4.99 Å². The smallest absolute Gasteiger partial charge is 0.191 e. The molecule has 2 heterocycles. The molecule has 2 fully saturated rings. The highest BCUT2D eigenvalue weighted by Gasteiger charge is 2.34. The van der Waals surface area contributed by atoms with E-state index in [1.54, 1.807) is 7.11 Å². The summed E-state index contributed by atoms with van der Waals surface area (Å²) in [7, 11) is 1.70. The number of aliphatic imine (C=N–C) groups is 1. The molecule has 0 bridgehead atoms. The second kappa shape index (κ2) is 7.46. The predicted molar refractivity (Wildman–Crippen MR) is 79.5 cm³/mol. The van der Waals surface area contributed by atoms with Crippen LogP contribution in [-0.4, -0.2) is 69.6 Å². The summed E-state index contributed by atoms with van der Waals surface area (Å²) in [6.45, 7) is 4.96. The van der Waals surface area contributed by atoms with E-state index < -0.39 is 0 Å². The van der Waals surface area contributed by atoms with Crippen molar-refractivity contribution in [2.24, 2.45) is 10.7 Å². The first-order chi connectivity index (χ1) is 8.26. The summed E-state index contributed by atoms with van der Waals surface area (Å²) >= 11 is 0. The lowest BCUT2D eigenvalue weighted by Gasteiger charge is -2.29. The largest absolute Gasteiger partial charge is 0.378 e. The zero-order valence-electron chi connectivity index (χ0n) is 10.8. The first kappa shape index (κ1) is 15.9. The van der Waals surface area contributed by atoms with E-state index in [1.165, 1.54) is 0 Å². The van der Waals surface area contributed by atoms with Gasteiger partial charge in [-0.05, 0) is 0 Å². The number of hydrogen-bond donors (Lipinski definition) is 1. The molecule has 2 aliphatic rings. The normalized spacial score (nSPS) is 29.2. The number of nitrogens with zero attached hydrogens (tertiary/aromatic N) is 2. The van der Waals surface area contributed by atoms with Gasteiger partial charge in [0.05, 0.1) is 26.4 Å². The minimum atomic E-state index is -0.281. The lowest BCUT2D eigenvalue weighted by Crippen LogP contribution is -2.46. The molecule has 18 heavy (non-hydrogen) atoms. The van der Waals surface area contributed by atoms with Crippen molar-refractivity contribution in [1.29, 1.82) is 0 Å². The summed E-state index contributed by atoms with van der Waals surface area (Å²) in [4.78, 5) is 6.48. The van der Waals surface area contributed by atoms with Crippen LogP contribution < -0.4 is 5.73 Å². The summed E-state index contributed by atoms with van der Waals surface area (Å²) in [5.41, 5.74) is 5.68. The van der Waals surface area contributed by atoms with Crippen molar-refractivity contribution in [2.45, 2.75) is 12.0 Å². The molecule has 0 aliphatic carbocycles. The van der Waals surface area contributed by atoms with Crippen molar-refractivity contribution in [2.75, 3.05) is 53.2 Å². The fourth-order valence-electron chi connectivity index (χ4n) is 2.06. The SMILES string of the molecule is COC1(CN=C(N)N2CCOCC2)CCOC1.I. The molecular weight excluding hydrogens is 349 g/mol. The van der Waals surface area contributed by atoms with Gasteiger partial charge in [-0.25, -0.2) is 0 Å². The Morgan fingerprint density at radius 2 is 2.06 bits per heavy atom.